The number of hydrogen-bond acceptors (Lipinski definition) is 6. The van der Waals surface area contributed by atoms with E-state index < -0.39 is 21.9 Å². The van der Waals surface area contributed by atoms with E-state index in [4.69, 9.17) is 0 Å². The van der Waals surface area contributed by atoms with E-state index in [1.54, 1.807) is 7.05 Å². The molecule has 2 amide bonds. The maximum atomic E-state index is 14.1. The molecule has 1 aromatic heterocycles. The minimum absolute atomic E-state index is 0. The second kappa shape index (κ2) is 11.7. The maximum absolute atomic E-state index is 14.1. The number of amides is 2. The Kier molecular flexibility index (Phi) is 9.94. The molecule has 2 aromatic rings. The summed E-state index contributed by atoms with van der Waals surface area (Å²) in [6.45, 7) is 9.98. The van der Waals surface area contributed by atoms with E-state index in [1.807, 2.05) is 39.5 Å². The summed E-state index contributed by atoms with van der Waals surface area (Å²) in [4.78, 5) is 17.1. The molecule has 189 valence electrons. The molecule has 0 atom stereocenters. The molecule has 1 aliphatic rings. The van der Waals surface area contributed by atoms with Gasteiger partial charge in [0.15, 0.2) is 5.03 Å². The third kappa shape index (κ3) is 7.05. The number of aromatic nitrogens is 2. The number of nitrogens with one attached hydrogen (secondary N) is 2. The van der Waals surface area contributed by atoms with Crippen molar-refractivity contribution in [3.63, 3.8) is 0 Å². The molecule has 3 rings (SSSR count). The summed E-state index contributed by atoms with van der Waals surface area (Å²) in [6.07, 6.45) is 0. The minimum Gasteiger partial charge on any atom is -0.307 e. The Bertz CT molecular complexity index is 1130. The smallest absolute Gasteiger partial charge is 0.307 e. The van der Waals surface area contributed by atoms with Crippen LogP contribution in [0.5, 0.6) is 0 Å². The van der Waals surface area contributed by atoms with Crippen molar-refractivity contribution in [1.29, 1.82) is 0 Å². The molecule has 1 radical (unpaired) electrons. The number of likely N-dealkylation sites (tertiary alicyclic amines) is 1. The fourth-order valence-electron chi connectivity index (χ4n) is 4.10. The molecular formula is C23H35FN6NaO3S. The number of urea groups is 1. The SMILES string of the molecule is CC(C)c1cc(F)cc(C(C)C)c1NC(=O)NS(=O)(=O)c1cc(CN(C)C2CN(C)C2)n(C)n1.[Na]. The zero-order chi connectivity index (χ0) is 25.4. The average Bonchev–Trinajstić information content (AvgIpc) is 3.07. The van der Waals surface area contributed by atoms with Crippen molar-refractivity contribution >= 4 is 51.3 Å². The number of nitrogens with zero attached hydrogens (tertiary/aromatic N) is 4. The maximum Gasteiger partial charge on any atom is 0.333 e. The zero-order valence-corrected chi connectivity index (χ0v) is 24.7. The van der Waals surface area contributed by atoms with E-state index >= 15 is 0 Å². The van der Waals surface area contributed by atoms with Gasteiger partial charge in [-0.25, -0.2) is 13.9 Å². The fraction of sp³-hybridized carbons (Fsp3) is 0.565. The van der Waals surface area contributed by atoms with Gasteiger partial charge in [0.2, 0.25) is 0 Å². The molecule has 1 fully saturated rings. The van der Waals surface area contributed by atoms with Gasteiger partial charge in [0, 0.05) is 74.0 Å². The topological polar surface area (TPSA) is 99.6 Å². The molecule has 2 heterocycles. The van der Waals surface area contributed by atoms with Crippen molar-refractivity contribution in [2.45, 2.75) is 57.1 Å². The van der Waals surface area contributed by atoms with Gasteiger partial charge in [0.05, 0.1) is 5.69 Å². The Balaban J connectivity index is 0.00000432. The molecule has 0 unspecified atom stereocenters. The second-order valence-electron chi connectivity index (χ2n) is 9.72. The van der Waals surface area contributed by atoms with Crippen LogP contribution in [0.1, 0.15) is 56.4 Å². The summed E-state index contributed by atoms with van der Waals surface area (Å²) in [5.41, 5.74) is 2.34. The summed E-state index contributed by atoms with van der Waals surface area (Å²) in [5.74, 6) is -0.553. The van der Waals surface area contributed by atoms with E-state index in [0.29, 0.717) is 29.4 Å². The minimum atomic E-state index is -4.21. The molecule has 0 bridgehead atoms. The van der Waals surface area contributed by atoms with Crippen LogP contribution in [0.2, 0.25) is 0 Å². The molecular weight excluding hydrogens is 482 g/mol. The third-order valence-corrected chi connectivity index (χ3v) is 7.39. The average molecular weight is 518 g/mol. The number of likely N-dealkylation sites (N-methyl/N-ethyl adjacent to an activating group) is 2. The van der Waals surface area contributed by atoms with Crippen molar-refractivity contribution < 1.29 is 17.6 Å². The number of rotatable bonds is 8. The van der Waals surface area contributed by atoms with Gasteiger partial charge in [-0.3, -0.25) is 9.58 Å². The molecule has 1 aliphatic heterocycles. The Morgan fingerprint density at radius 1 is 1.14 bits per heavy atom. The van der Waals surface area contributed by atoms with Gasteiger partial charge in [-0.1, -0.05) is 27.7 Å². The Morgan fingerprint density at radius 3 is 2.17 bits per heavy atom. The molecule has 0 spiro atoms. The van der Waals surface area contributed by atoms with Gasteiger partial charge in [0.25, 0.3) is 10.0 Å². The summed E-state index contributed by atoms with van der Waals surface area (Å²) in [7, 11) is 1.51. The van der Waals surface area contributed by atoms with E-state index in [0.717, 1.165) is 18.8 Å². The normalized spacial score (nSPS) is 14.8. The zero-order valence-electron chi connectivity index (χ0n) is 21.9. The summed E-state index contributed by atoms with van der Waals surface area (Å²) < 4.78 is 43.5. The second-order valence-corrected chi connectivity index (χ2v) is 11.3. The van der Waals surface area contributed by atoms with Crippen LogP contribution in [0.4, 0.5) is 14.9 Å². The van der Waals surface area contributed by atoms with E-state index in [-0.39, 0.29) is 46.4 Å². The number of carbonyl (C=O) groups excluding carboxylic acids is 1. The predicted octanol–water partition coefficient (Wildman–Crippen LogP) is 2.68. The quantitative estimate of drug-likeness (QED) is 0.523. The number of carbonyl (C=O) groups is 1. The van der Waals surface area contributed by atoms with E-state index in [9.17, 15) is 17.6 Å². The van der Waals surface area contributed by atoms with Gasteiger partial charge in [-0.05, 0) is 49.2 Å². The molecule has 9 nitrogen and oxygen atoms in total. The third-order valence-electron chi connectivity index (χ3n) is 6.18. The van der Waals surface area contributed by atoms with Crippen LogP contribution in [0, 0.1) is 5.82 Å². The van der Waals surface area contributed by atoms with Gasteiger partial charge < -0.3 is 10.2 Å². The van der Waals surface area contributed by atoms with Crippen LogP contribution in [0.15, 0.2) is 23.2 Å². The first kappa shape index (κ1) is 29.7. The van der Waals surface area contributed by atoms with Gasteiger partial charge >= 0.3 is 6.03 Å². The molecule has 2 N–H and O–H groups in total. The van der Waals surface area contributed by atoms with Crippen LogP contribution in [0.3, 0.4) is 0 Å². The first-order valence-electron chi connectivity index (χ1n) is 11.4. The Morgan fingerprint density at radius 2 is 1.69 bits per heavy atom. The molecule has 1 aromatic carbocycles. The van der Waals surface area contributed by atoms with Gasteiger partial charge in [-0.2, -0.15) is 13.5 Å². The standard InChI is InChI=1S/C23H35FN6O3S.Na/c1-14(2)19-8-16(24)9-20(15(3)4)22(19)25-23(31)27-34(32,33)21-10-17(30(7)26-21)13-29(6)18-11-28(5)12-18;/h8-10,14-15,18H,11-13H2,1-7H3,(H2,25,27,31);. The summed E-state index contributed by atoms with van der Waals surface area (Å²) in [6, 6.07) is 3.69. The Labute approximate surface area is 229 Å². The van der Waals surface area contributed by atoms with Gasteiger partial charge in [-0.15, -0.1) is 0 Å². The first-order chi connectivity index (χ1) is 15.8. The predicted molar refractivity (Wildman–Crippen MR) is 136 cm³/mol. The Hall–Kier alpha value is -1.50. The van der Waals surface area contributed by atoms with Crippen molar-refractivity contribution in [2.24, 2.45) is 7.05 Å². The molecule has 0 saturated carbocycles. The number of hydrogen-bond donors (Lipinski definition) is 2. The van der Waals surface area contributed by atoms with Crippen molar-refractivity contribution in [3.8, 4) is 0 Å². The van der Waals surface area contributed by atoms with E-state index in [1.165, 1.54) is 22.9 Å². The fourth-order valence-corrected chi connectivity index (χ4v) is 5.02. The number of sulfonamides is 1. The monoisotopic (exact) mass is 517 g/mol. The molecule has 12 heteroatoms. The number of aryl methyl sites for hydroxylation is 1. The van der Waals surface area contributed by atoms with Crippen LogP contribution in [-0.2, 0) is 23.6 Å². The van der Waals surface area contributed by atoms with Crippen LogP contribution in [0.25, 0.3) is 0 Å². The van der Waals surface area contributed by atoms with Crippen LogP contribution in [-0.4, -0.2) is 96.8 Å². The number of anilines is 1. The van der Waals surface area contributed by atoms with Gasteiger partial charge in [0.1, 0.15) is 5.82 Å². The first-order valence-corrected chi connectivity index (χ1v) is 12.9. The van der Waals surface area contributed by atoms with Crippen LogP contribution >= 0.6 is 0 Å². The van der Waals surface area contributed by atoms with Crippen molar-refractivity contribution in [3.05, 3.63) is 40.8 Å². The molecule has 1 saturated heterocycles. The number of benzene rings is 1. The van der Waals surface area contributed by atoms with Crippen molar-refractivity contribution in [1.82, 2.24) is 24.3 Å². The molecule has 0 aliphatic carbocycles. The van der Waals surface area contributed by atoms with Crippen LogP contribution < -0.4 is 10.0 Å². The molecule has 35 heavy (non-hydrogen) atoms. The van der Waals surface area contributed by atoms with E-state index in [2.05, 4.69) is 27.3 Å². The summed E-state index contributed by atoms with van der Waals surface area (Å²) >= 11 is 0. The number of halogens is 1. The largest absolute Gasteiger partial charge is 0.333 e. The van der Waals surface area contributed by atoms with Crippen molar-refractivity contribution in [2.75, 3.05) is 32.5 Å². The summed E-state index contributed by atoms with van der Waals surface area (Å²) in [5, 5.41) is 6.53.